The molecule has 21 heavy (non-hydrogen) atoms. The summed E-state index contributed by atoms with van der Waals surface area (Å²) in [7, 11) is 0. The summed E-state index contributed by atoms with van der Waals surface area (Å²) in [4.78, 5) is 8.49. The molecular formula is C16H15N3O2. The van der Waals surface area contributed by atoms with E-state index in [-0.39, 0.29) is 17.5 Å². The number of hydrogen-bond acceptors (Lipinski definition) is 5. The number of fused-ring (bicyclic) bond motifs is 1. The fourth-order valence-electron chi connectivity index (χ4n) is 2.25. The molecule has 1 unspecified atom stereocenters. The molecule has 0 bridgehead atoms. The van der Waals surface area contributed by atoms with Gasteiger partial charge in [0.1, 0.15) is 11.5 Å². The van der Waals surface area contributed by atoms with E-state index in [0.29, 0.717) is 0 Å². The van der Waals surface area contributed by atoms with Crippen LogP contribution in [-0.2, 0) is 0 Å². The summed E-state index contributed by atoms with van der Waals surface area (Å²) < 4.78 is 0. The second-order valence-corrected chi connectivity index (χ2v) is 4.91. The quantitative estimate of drug-likeness (QED) is 0.687. The molecule has 0 saturated carbocycles. The van der Waals surface area contributed by atoms with E-state index in [4.69, 9.17) is 0 Å². The van der Waals surface area contributed by atoms with Crippen LogP contribution in [0, 0.1) is 0 Å². The minimum absolute atomic E-state index is 0.0445. The van der Waals surface area contributed by atoms with Crippen molar-refractivity contribution in [1.82, 2.24) is 9.97 Å². The van der Waals surface area contributed by atoms with Crippen molar-refractivity contribution in [2.45, 2.75) is 13.0 Å². The summed E-state index contributed by atoms with van der Waals surface area (Å²) in [6.45, 7) is 1.95. The number of aromatic hydroxyl groups is 2. The van der Waals surface area contributed by atoms with Gasteiger partial charge in [0.25, 0.3) is 0 Å². The summed E-state index contributed by atoms with van der Waals surface area (Å²) in [5.74, 6) is 0.0889. The first-order valence-corrected chi connectivity index (χ1v) is 6.62. The third-order valence-electron chi connectivity index (χ3n) is 3.28. The van der Waals surface area contributed by atoms with Crippen LogP contribution >= 0.6 is 0 Å². The molecule has 3 aromatic rings. The maximum absolute atomic E-state index is 9.54. The molecule has 0 aliphatic carbocycles. The SMILES string of the molecule is CC(Nc1ccc2nccnc2c1)c1cc(O)cc(O)c1. The first-order chi connectivity index (χ1) is 10.1. The Morgan fingerprint density at radius 1 is 0.905 bits per heavy atom. The zero-order valence-corrected chi connectivity index (χ0v) is 11.5. The van der Waals surface area contributed by atoms with Crippen LogP contribution in [-0.4, -0.2) is 20.2 Å². The third-order valence-corrected chi connectivity index (χ3v) is 3.28. The number of rotatable bonds is 3. The lowest BCUT2D eigenvalue weighted by molar-refractivity contribution is 0.448. The number of anilines is 1. The third kappa shape index (κ3) is 2.86. The van der Waals surface area contributed by atoms with Crippen molar-refractivity contribution >= 4 is 16.7 Å². The van der Waals surface area contributed by atoms with Crippen LogP contribution < -0.4 is 5.32 Å². The van der Waals surface area contributed by atoms with Crippen molar-refractivity contribution in [2.75, 3.05) is 5.32 Å². The zero-order valence-electron chi connectivity index (χ0n) is 11.5. The lowest BCUT2D eigenvalue weighted by atomic mass is 10.1. The monoisotopic (exact) mass is 281 g/mol. The number of nitrogens with zero attached hydrogens (tertiary/aromatic N) is 2. The first-order valence-electron chi connectivity index (χ1n) is 6.62. The molecule has 0 aliphatic heterocycles. The second kappa shape index (κ2) is 5.28. The molecule has 0 aliphatic rings. The highest BCUT2D eigenvalue weighted by atomic mass is 16.3. The number of hydrogen-bond donors (Lipinski definition) is 3. The van der Waals surface area contributed by atoms with Gasteiger partial charge in [-0.3, -0.25) is 9.97 Å². The molecule has 106 valence electrons. The van der Waals surface area contributed by atoms with Crippen LogP contribution in [0.5, 0.6) is 11.5 Å². The van der Waals surface area contributed by atoms with Crippen LogP contribution in [0.2, 0.25) is 0 Å². The van der Waals surface area contributed by atoms with Crippen molar-refractivity contribution in [3.05, 3.63) is 54.4 Å². The molecule has 1 atom stereocenters. The van der Waals surface area contributed by atoms with Gasteiger partial charge in [-0.2, -0.15) is 0 Å². The van der Waals surface area contributed by atoms with Crippen molar-refractivity contribution in [1.29, 1.82) is 0 Å². The Morgan fingerprint density at radius 3 is 2.29 bits per heavy atom. The minimum atomic E-state index is -0.0721. The van der Waals surface area contributed by atoms with Gasteiger partial charge in [0.2, 0.25) is 0 Å². The van der Waals surface area contributed by atoms with E-state index in [9.17, 15) is 10.2 Å². The van der Waals surface area contributed by atoms with E-state index < -0.39 is 0 Å². The number of phenolic OH excluding ortho intramolecular Hbond substituents is 2. The van der Waals surface area contributed by atoms with Gasteiger partial charge in [0.15, 0.2) is 0 Å². The molecule has 2 aromatic carbocycles. The van der Waals surface area contributed by atoms with E-state index in [0.717, 1.165) is 22.3 Å². The van der Waals surface area contributed by atoms with E-state index in [1.54, 1.807) is 24.5 Å². The smallest absolute Gasteiger partial charge is 0.119 e. The Hall–Kier alpha value is -2.82. The predicted molar refractivity (Wildman–Crippen MR) is 81.3 cm³/mol. The fraction of sp³-hybridized carbons (Fsp3) is 0.125. The van der Waals surface area contributed by atoms with Gasteiger partial charge in [-0.25, -0.2) is 0 Å². The maximum atomic E-state index is 9.54. The molecule has 0 saturated heterocycles. The highest BCUT2D eigenvalue weighted by Gasteiger charge is 2.08. The summed E-state index contributed by atoms with van der Waals surface area (Å²) in [5, 5.41) is 22.4. The van der Waals surface area contributed by atoms with Gasteiger partial charge in [-0.1, -0.05) is 0 Å². The molecule has 1 aromatic heterocycles. The van der Waals surface area contributed by atoms with Gasteiger partial charge >= 0.3 is 0 Å². The van der Waals surface area contributed by atoms with Gasteiger partial charge in [-0.05, 0) is 42.8 Å². The Bertz CT molecular complexity index is 769. The molecule has 5 nitrogen and oxygen atoms in total. The van der Waals surface area contributed by atoms with Crippen LogP contribution in [0.3, 0.4) is 0 Å². The van der Waals surface area contributed by atoms with Crippen LogP contribution in [0.4, 0.5) is 5.69 Å². The molecule has 0 fully saturated rings. The van der Waals surface area contributed by atoms with Crippen LogP contribution in [0.25, 0.3) is 11.0 Å². The second-order valence-electron chi connectivity index (χ2n) is 4.91. The van der Waals surface area contributed by atoms with Crippen LogP contribution in [0.1, 0.15) is 18.5 Å². The van der Waals surface area contributed by atoms with Crippen LogP contribution in [0.15, 0.2) is 48.8 Å². The first kappa shape index (κ1) is 13.2. The lowest BCUT2D eigenvalue weighted by Crippen LogP contribution is -2.06. The van der Waals surface area contributed by atoms with Gasteiger partial charge in [0.05, 0.1) is 11.0 Å². The lowest BCUT2D eigenvalue weighted by Gasteiger charge is -2.16. The minimum Gasteiger partial charge on any atom is -0.508 e. The van der Waals surface area contributed by atoms with E-state index in [2.05, 4.69) is 15.3 Å². The summed E-state index contributed by atoms with van der Waals surface area (Å²) in [6, 6.07) is 10.2. The van der Waals surface area contributed by atoms with Gasteiger partial charge < -0.3 is 15.5 Å². The molecule has 0 amide bonds. The van der Waals surface area contributed by atoms with E-state index in [1.807, 2.05) is 25.1 Å². The van der Waals surface area contributed by atoms with Gasteiger partial charge in [-0.15, -0.1) is 0 Å². The number of nitrogens with one attached hydrogen (secondary N) is 1. The summed E-state index contributed by atoms with van der Waals surface area (Å²) in [6.07, 6.45) is 3.32. The Morgan fingerprint density at radius 2 is 1.57 bits per heavy atom. The zero-order chi connectivity index (χ0) is 14.8. The molecule has 3 rings (SSSR count). The molecule has 1 heterocycles. The summed E-state index contributed by atoms with van der Waals surface area (Å²) >= 11 is 0. The fourth-order valence-corrected chi connectivity index (χ4v) is 2.25. The number of aromatic nitrogens is 2. The molecule has 0 spiro atoms. The van der Waals surface area contributed by atoms with E-state index in [1.165, 1.54) is 6.07 Å². The van der Waals surface area contributed by atoms with Crippen molar-refractivity contribution in [2.24, 2.45) is 0 Å². The predicted octanol–water partition coefficient (Wildman–Crippen LogP) is 3.21. The Labute approximate surface area is 121 Å². The highest BCUT2D eigenvalue weighted by Crippen LogP contribution is 2.27. The number of phenols is 2. The van der Waals surface area contributed by atoms with E-state index >= 15 is 0 Å². The average Bonchev–Trinajstić information content (AvgIpc) is 2.46. The Kier molecular flexibility index (Phi) is 3.31. The topological polar surface area (TPSA) is 78.3 Å². The average molecular weight is 281 g/mol. The highest BCUT2D eigenvalue weighted by molar-refractivity contribution is 5.78. The molecule has 0 radical (unpaired) electrons. The summed E-state index contributed by atoms with van der Waals surface area (Å²) in [5.41, 5.74) is 3.35. The number of benzene rings is 2. The normalized spacial score (nSPS) is 12.2. The van der Waals surface area contributed by atoms with Gasteiger partial charge in [0, 0.05) is 30.2 Å². The Balaban J connectivity index is 1.86. The van der Waals surface area contributed by atoms with Crippen molar-refractivity contribution < 1.29 is 10.2 Å². The molecular weight excluding hydrogens is 266 g/mol. The van der Waals surface area contributed by atoms with Crippen molar-refractivity contribution in [3.63, 3.8) is 0 Å². The van der Waals surface area contributed by atoms with Crippen molar-refractivity contribution in [3.8, 4) is 11.5 Å². The molecule has 3 N–H and O–H groups in total. The largest absolute Gasteiger partial charge is 0.508 e. The molecule has 5 heteroatoms. The maximum Gasteiger partial charge on any atom is 0.119 e. The standard InChI is InChI=1S/C16H15N3O2/c1-10(11-6-13(20)9-14(21)7-11)19-12-2-3-15-16(8-12)18-5-4-17-15/h2-10,19-21H,1H3.